The van der Waals surface area contributed by atoms with Crippen molar-refractivity contribution in [2.75, 3.05) is 6.54 Å². The molecule has 2 amide bonds. The number of halogens is 3. The van der Waals surface area contributed by atoms with Crippen LogP contribution < -0.4 is 5.32 Å². The third kappa shape index (κ3) is 6.84. The van der Waals surface area contributed by atoms with E-state index in [0.29, 0.717) is 5.56 Å². The number of benzene rings is 1. The lowest BCUT2D eigenvalue weighted by Crippen LogP contribution is -2.53. The standard InChI is InChI=1S/C20H25F3N2O6/c1-19(2,3)31-18(30)24-14(8-11-4-6-12(7-5-11)20(21,22)23)16(27)25-10-13(26)9-15(25)17(28)29/h4-7,13-15,26H,8-10H2,1-3H3,(H,24,30)(H,28,29)/t13-,14-,15+/m1/s1. The van der Waals surface area contributed by atoms with Gasteiger partial charge in [0, 0.05) is 19.4 Å². The molecule has 2 rings (SSSR count). The molecule has 11 heteroatoms. The van der Waals surface area contributed by atoms with Crippen LogP contribution in [0.3, 0.4) is 0 Å². The number of aliphatic carboxylic acids is 1. The van der Waals surface area contributed by atoms with E-state index < -0.39 is 53.5 Å². The predicted molar refractivity (Wildman–Crippen MR) is 102 cm³/mol. The van der Waals surface area contributed by atoms with Crippen molar-refractivity contribution in [1.82, 2.24) is 10.2 Å². The van der Waals surface area contributed by atoms with E-state index in [4.69, 9.17) is 4.74 Å². The van der Waals surface area contributed by atoms with Crippen LogP contribution in [0.5, 0.6) is 0 Å². The maximum Gasteiger partial charge on any atom is 0.416 e. The third-order valence-corrected chi connectivity index (χ3v) is 4.56. The first-order chi connectivity index (χ1) is 14.2. The predicted octanol–water partition coefficient (Wildman–Crippen LogP) is 2.19. The number of β-amino-alcohol motifs (C(OH)–C–C–N with tert-alkyl or cyclic N) is 1. The second-order valence-corrected chi connectivity index (χ2v) is 8.33. The van der Waals surface area contributed by atoms with E-state index in [1.807, 2.05) is 0 Å². The van der Waals surface area contributed by atoms with Crippen molar-refractivity contribution in [1.29, 1.82) is 0 Å². The van der Waals surface area contributed by atoms with Gasteiger partial charge in [0.2, 0.25) is 5.91 Å². The number of nitrogens with one attached hydrogen (secondary N) is 1. The number of alkyl carbamates (subject to hydrolysis) is 1. The van der Waals surface area contributed by atoms with Crippen molar-refractivity contribution < 1.29 is 42.5 Å². The molecule has 1 aromatic rings. The number of likely N-dealkylation sites (tertiary alicyclic amines) is 1. The number of carboxylic acid groups (broad SMARTS) is 1. The summed E-state index contributed by atoms with van der Waals surface area (Å²) >= 11 is 0. The van der Waals surface area contributed by atoms with Crippen molar-refractivity contribution in [2.24, 2.45) is 0 Å². The number of aliphatic hydroxyl groups is 1. The van der Waals surface area contributed by atoms with Crippen LogP contribution in [0.2, 0.25) is 0 Å². The number of hydrogen-bond acceptors (Lipinski definition) is 5. The molecule has 172 valence electrons. The second-order valence-electron chi connectivity index (χ2n) is 8.33. The molecule has 1 aromatic carbocycles. The highest BCUT2D eigenvalue weighted by Gasteiger charge is 2.42. The molecule has 0 spiro atoms. The summed E-state index contributed by atoms with van der Waals surface area (Å²) in [5, 5.41) is 21.5. The topological polar surface area (TPSA) is 116 Å². The average molecular weight is 446 g/mol. The molecule has 0 bridgehead atoms. The van der Waals surface area contributed by atoms with Gasteiger partial charge < -0.3 is 25.2 Å². The van der Waals surface area contributed by atoms with Gasteiger partial charge in [0.15, 0.2) is 0 Å². The SMILES string of the molecule is CC(C)(C)OC(=O)N[C@H](Cc1ccc(C(F)(F)F)cc1)C(=O)N1C[C@H](O)C[C@H]1C(=O)O. The molecule has 1 aliphatic rings. The first-order valence-electron chi connectivity index (χ1n) is 9.54. The maximum absolute atomic E-state index is 13.0. The van der Waals surface area contributed by atoms with Gasteiger partial charge in [-0.05, 0) is 38.5 Å². The Kier molecular flexibility index (Phi) is 7.20. The lowest BCUT2D eigenvalue weighted by Gasteiger charge is -2.28. The van der Waals surface area contributed by atoms with Gasteiger partial charge in [-0.2, -0.15) is 13.2 Å². The highest BCUT2D eigenvalue weighted by molar-refractivity contribution is 5.90. The van der Waals surface area contributed by atoms with Crippen LogP contribution in [0, 0.1) is 0 Å². The van der Waals surface area contributed by atoms with Crippen molar-refractivity contribution in [2.45, 2.75) is 63.6 Å². The lowest BCUT2D eigenvalue weighted by atomic mass is 10.0. The van der Waals surface area contributed by atoms with E-state index in [0.717, 1.165) is 17.0 Å². The number of hydrogen-bond donors (Lipinski definition) is 3. The minimum absolute atomic E-state index is 0.166. The Hall–Kier alpha value is -2.82. The number of amides is 2. The smallest absolute Gasteiger partial charge is 0.416 e. The van der Waals surface area contributed by atoms with Crippen LogP contribution in [-0.2, 0) is 26.9 Å². The Labute approximate surface area is 177 Å². The first kappa shape index (κ1) is 24.4. The molecule has 0 aliphatic carbocycles. The van der Waals surface area contributed by atoms with Gasteiger partial charge in [0.25, 0.3) is 0 Å². The molecule has 3 N–H and O–H groups in total. The van der Waals surface area contributed by atoms with Crippen LogP contribution in [0.15, 0.2) is 24.3 Å². The summed E-state index contributed by atoms with van der Waals surface area (Å²) in [6, 6.07) is 1.46. The van der Waals surface area contributed by atoms with Gasteiger partial charge in [0.1, 0.15) is 17.7 Å². The van der Waals surface area contributed by atoms with Crippen LogP contribution in [0.25, 0.3) is 0 Å². The van der Waals surface area contributed by atoms with Gasteiger partial charge in [-0.25, -0.2) is 9.59 Å². The number of alkyl halides is 3. The summed E-state index contributed by atoms with van der Waals surface area (Å²) in [7, 11) is 0. The van der Waals surface area contributed by atoms with Gasteiger partial charge >= 0.3 is 18.2 Å². The number of ether oxygens (including phenoxy) is 1. The quantitative estimate of drug-likeness (QED) is 0.639. The number of aliphatic hydroxyl groups excluding tert-OH is 1. The Morgan fingerprint density at radius 3 is 2.26 bits per heavy atom. The van der Waals surface area contributed by atoms with E-state index in [2.05, 4.69) is 5.32 Å². The minimum Gasteiger partial charge on any atom is -0.480 e. The van der Waals surface area contributed by atoms with E-state index in [-0.39, 0.29) is 19.4 Å². The molecular formula is C20H25F3N2O6. The Morgan fingerprint density at radius 2 is 1.77 bits per heavy atom. The van der Waals surface area contributed by atoms with Gasteiger partial charge in [-0.3, -0.25) is 4.79 Å². The zero-order valence-electron chi connectivity index (χ0n) is 17.3. The molecule has 0 unspecified atom stereocenters. The number of carbonyl (C=O) groups is 3. The molecule has 0 radical (unpaired) electrons. The molecule has 8 nitrogen and oxygen atoms in total. The maximum atomic E-state index is 13.0. The van der Waals surface area contributed by atoms with Crippen molar-refractivity contribution in [3.05, 3.63) is 35.4 Å². The number of carboxylic acids is 1. The summed E-state index contributed by atoms with van der Waals surface area (Å²) in [6.07, 6.45) is -6.87. The van der Waals surface area contributed by atoms with E-state index in [1.165, 1.54) is 12.1 Å². The fourth-order valence-electron chi connectivity index (χ4n) is 3.21. The molecule has 1 fully saturated rings. The Balaban J connectivity index is 2.26. The van der Waals surface area contributed by atoms with Crippen LogP contribution in [0.4, 0.5) is 18.0 Å². The Bertz CT molecular complexity index is 820. The first-order valence-corrected chi connectivity index (χ1v) is 9.54. The number of nitrogens with zero attached hydrogens (tertiary/aromatic N) is 1. The van der Waals surface area contributed by atoms with E-state index in [9.17, 15) is 37.8 Å². The van der Waals surface area contributed by atoms with Crippen LogP contribution in [-0.4, -0.2) is 63.4 Å². The third-order valence-electron chi connectivity index (χ3n) is 4.56. The second kappa shape index (κ2) is 9.13. The molecule has 1 saturated heterocycles. The average Bonchev–Trinajstić information content (AvgIpc) is 3.00. The number of rotatable bonds is 5. The van der Waals surface area contributed by atoms with Crippen molar-refractivity contribution >= 4 is 18.0 Å². The van der Waals surface area contributed by atoms with Gasteiger partial charge in [-0.15, -0.1) is 0 Å². The fraction of sp³-hybridized carbons (Fsp3) is 0.550. The van der Waals surface area contributed by atoms with Crippen molar-refractivity contribution in [3.63, 3.8) is 0 Å². The van der Waals surface area contributed by atoms with Crippen molar-refractivity contribution in [3.8, 4) is 0 Å². The lowest BCUT2D eigenvalue weighted by molar-refractivity contribution is -0.149. The number of carbonyl (C=O) groups excluding carboxylic acids is 2. The zero-order valence-corrected chi connectivity index (χ0v) is 17.3. The van der Waals surface area contributed by atoms with E-state index in [1.54, 1.807) is 20.8 Å². The monoisotopic (exact) mass is 446 g/mol. The minimum atomic E-state index is -4.52. The summed E-state index contributed by atoms with van der Waals surface area (Å²) < 4.78 is 43.5. The van der Waals surface area contributed by atoms with Crippen LogP contribution in [0.1, 0.15) is 38.3 Å². The van der Waals surface area contributed by atoms with Gasteiger partial charge in [-0.1, -0.05) is 12.1 Å². The molecule has 31 heavy (non-hydrogen) atoms. The fourth-order valence-corrected chi connectivity index (χ4v) is 3.21. The summed E-state index contributed by atoms with van der Waals surface area (Å²) in [5.41, 5.74) is -1.43. The summed E-state index contributed by atoms with van der Waals surface area (Å²) in [6.45, 7) is 4.58. The molecule has 3 atom stereocenters. The van der Waals surface area contributed by atoms with Crippen LogP contribution >= 0.6 is 0 Å². The molecular weight excluding hydrogens is 421 g/mol. The Morgan fingerprint density at radius 1 is 1.19 bits per heavy atom. The molecule has 0 saturated carbocycles. The summed E-state index contributed by atoms with van der Waals surface area (Å²) in [4.78, 5) is 37.7. The molecule has 1 heterocycles. The normalized spacial score (nSPS) is 20.3. The zero-order chi connectivity index (χ0) is 23.6. The van der Waals surface area contributed by atoms with E-state index >= 15 is 0 Å². The van der Waals surface area contributed by atoms with Gasteiger partial charge in [0.05, 0.1) is 11.7 Å². The molecule has 1 aliphatic heterocycles. The molecule has 0 aromatic heterocycles. The largest absolute Gasteiger partial charge is 0.480 e. The highest BCUT2D eigenvalue weighted by Crippen LogP contribution is 2.29. The highest BCUT2D eigenvalue weighted by atomic mass is 19.4. The summed E-state index contributed by atoms with van der Waals surface area (Å²) in [5.74, 6) is -2.09.